The highest BCUT2D eigenvalue weighted by atomic mass is 32.2. The summed E-state index contributed by atoms with van der Waals surface area (Å²) in [5.74, 6) is 0.591. The smallest absolute Gasteiger partial charge is 0.261 e. The number of carbonyl (C=O) groups excluding carboxylic acids is 1. The van der Waals surface area contributed by atoms with E-state index in [4.69, 9.17) is 4.74 Å². The third-order valence-corrected chi connectivity index (χ3v) is 5.97. The van der Waals surface area contributed by atoms with E-state index < -0.39 is 0 Å². The number of likely N-dealkylation sites (N-methyl/N-ethyl adjacent to an activating group) is 1. The highest BCUT2D eigenvalue weighted by Gasteiger charge is 2.34. The predicted molar refractivity (Wildman–Crippen MR) is 124 cm³/mol. The van der Waals surface area contributed by atoms with Gasteiger partial charge in [0, 0.05) is 17.6 Å². The summed E-state index contributed by atoms with van der Waals surface area (Å²) >= 11 is 1.65. The Bertz CT molecular complexity index is 1080. The SMILES string of the molecule is CSc1ccc(N2CC(N(C)O)=C(c3ccc(OCc4ccccc4)cc3)C2=O)cc1. The highest BCUT2D eigenvalue weighted by Crippen LogP contribution is 2.34. The molecule has 3 aromatic carbocycles. The van der Waals surface area contributed by atoms with Gasteiger partial charge in [0.05, 0.1) is 17.8 Å². The molecule has 0 atom stereocenters. The molecular formula is C25H24N2O3S. The van der Waals surface area contributed by atoms with Crippen molar-refractivity contribution in [3.8, 4) is 5.75 Å². The number of amides is 1. The number of thioether (sulfide) groups is 1. The van der Waals surface area contributed by atoms with E-state index in [1.54, 1.807) is 23.7 Å². The summed E-state index contributed by atoms with van der Waals surface area (Å²) in [6.07, 6.45) is 2.02. The lowest BCUT2D eigenvalue weighted by Crippen LogP contribution is -2.27. The molecule has 158 valence electrons. The molecule has 0 fully saturated rings. The second-order valence-electron chi connectivity index (χ2n) is 7.23. The number of hydrogen-bond donors (Lipinski definition) is 1. The first-order chi connectivity index (χ1) is 15.1. The minimum Gasteiger partial charge on any atom is -0.489 e. The van der Waals surface area contributed by atoms with Crippen LogP contribution in [-0.2, 0) is 11.4 Å². The van der Waals surface area contributed by atoms with Gasteiger partial charge in [-0.25, -0.2) is 0 Å². The zero-order valence-corrected chi connectivity index (χ0v) is 18.3. The molecule has 1 aliphatic rings. The number of nitrogens with zero attached hydrogens (tertiary/aromatic N) is 2. The lowest BCUT2D eigenvalue weighted by molar-refractivity contribution is -0.112. The van der Waals surface area contributed by atoms with E-state index in [0.29, 0.717) is 24.4 Å². The van der Waals surface area contributed by atoms with Crippen LogP contribution < -0.4 is 9.64 Å². The van der Waals surface area contributed by atoms with E-state index in [1.807, 2.05) is 85.1 Å². The van der Waals surface area contributed by atoms with Crippen molar-refractivity contribution in [3.63, 3.8) is 0 Å². The lowest BCUT2D eigenvalue weighted by Gasteiger charge is -2.18. The summed E-state index contributed by atoms with van der Waals surface area (Å²) in [5, 5.41) is 11.2. The zero-order chi connectivity index (χ0) is 21.8. The number of benzene rings is 3. The van der Waals surface area contributed by atoms with Crippen LogP contribution in [0.4, 0.5) is 5.69 Å². The summed E-state index contributed by atoms with van der Waals surface area (Å²) in [7, 11) is 1.54. The summed E-state index contributed by atoms with van der Waals surface area (Å²) in [6.45, 7) is 0.790. The summed E-state index contributed by atoms with van der Waals surface area (Å²) < 4.78 is 5.85. The van der Waals surface area contributed by atoms with Crippen molar-refractivity contribution < 1.29 is 14.7 Å². The molecule has 1 heterocycles. The normalized spacial score (nSPS) is 13.6. The Kier molecular flexibility index (Phi) is 6.30. The van der Waals surface area contributed by atoms with Crippen molar-refractivity contribution in [1.29, 1.82) is 0 Å². The van der Waals surface area contributed by atoms with Crippen LogP contribution in [0.15, 0.2) is 89.5 Å². The fourth-order valence-corrected chi connectivity index (χ4v) is 3.95. The third kappa shape index (κ3) is 4.60. The molecule has 1 N–H and O–H groups in total. The first kappa shape index (κ1) is 21.0. The van der Waals surface area contributed by atoms with E-state index in [9.17, 15) is 10.0 Å². The maximum Gasteiger partial charge on any atom is 0.261 e. The van der Waals surface area contributed by atoms with E-state index in [2.05, 4.69) is 0 Å². The predicted octanol–water partition coefficient (Wildman–Crippen LogP) is 5.07. The quantitative estimate of drug-likeness (QED) is 0.417. The lowest BCUT2D eigenvalue weighted by atomic mass is 10.0. The maximum absolute atomic E-state index is 13.3. The van der Waals surface area contributed by atoms with Crippen molar-refractivity contribution in [3.05, 3.63) is 95.7 Å². The Morgan fingerprint density at radius 3 is 2.29 bits per heavy atom. The molecular weight excluding hydrogens is 408 g/mol. The van der Waals surface area contributed by atoms with Crippen LogP contribution in [0.3, 0.4) is 0 Å². The van der Waals surface area contributed by atoms with Crippen LogP contribution in [0.5, 0.6) is 5.75 Å². The topological polar surface area (TPSA) is 53.0 Å². The minimum absolute atomic E-state index is 0.134. The molecule has 4 rings (SSSR count). The van der Waals surface area contributed by atoms with Crippen molar-refractivity contribution in [1.82, 2.24) is 5.06 Å². The Balaban J connectivity index is 1.54. The van der Waals surface area contributed by atoms with Crippen LogP contribution in [0.2, 0.25) is 0 Å². The van der Waals surface area contributed by atoms with Crippen LogP contribution in [-0.4, -0.2) is 36.0 Å². The minimum atomic E-state index is -0.134. The standard InChI is InChI=1S/C25H24N2O3S/c1-26(29)23-16-27(20-10-14-22(31-2)15-11-20)25(28)24(23)19-8-12-21(13-9-19)30-17-18-6-4-3-5-7-18/h3-15,29H,16-17H2,1-2H3. The summed E-state index contributed by atoms with van der Waals surface area (Å²) in [4.78, 5) is 16.1. The van der Waals surface area contributed by atoms with Gasteiger partial charge in [0.1, 0.15) is 12.4 Å². The van der Waals surface area contributed by atoms with E-state index >= 15 is 0 Å². The first-order valence-corrected chi connectivity index (χ1v) is 11.2. The number of rotatable bonds is 7. The fourth-order valence-electron chi connectivity index (χ4n) is 3.54. The van der Waals surface area contributed by atoms with Crippen LogP contribution >= 0.6 is 11.8 Å². The van der Waals surface area contributed by atoms with Gasteiger partial charge in [-0.2, -0.15) is 0 Å². The van der Waals surface area contributed by atoms with E-state index in [0.717, 1.165) is 32.5 Å². The molecule has 0 aromatic heterocycles. The first-order valence-electron chi connectivity index (χ1n) is 9.95. The van der Waals surface area contributed by atoms with E-state index in [1.165, 1.54) is 0 Å². The average molecular weight is 433 g/mol. The van der Waals surface area contributed by atoms with Crippen molar-refractivity contribution in [2.45, 2.75) is 11.5 Å². The van der Waals surface area contributed by atoms with Gasteiger partial charge in [-0.15, -0.1) is 11.8 Å². The van der Waals surface area contributed by atoms with Crippen molar-refractivity contribution >= 4 is 28.9 Å². The molecule has 5 nitrogen and oxygen atoms in total. The van der Waals surface area contributed by atoms with Gasteiger partial charge in [-0.3, -0.25) is 15.1 Å². The molecule has 3 aromatic rings. The molecule has 0 saturated heterocycles. The van der Waals surface area contributed by atoms with Crippen molar-refractivity contribution in [2.75, 3.05) is 24.7 Å². The Labute approximate surface area is 186 Å². The molecule has 0 bridgehead atoms. The van der Waals surface area contributed by atoms with Crippen LogP contribution in [0.1, 0.15) is 11.1 Å². The highest BCUT2D eigenvalue weighted by molar-refractivity contribution is 7.98. The van der Waals surface area contributed by atoms with Crippen LogP contribution in [0.25, 0.3) is 5.57 Å². The fraction of sp³-hybridized carbons (Fsp3) is 0.160. The summed E-state index contributed by atoms with van der Waals surface area (Å²) in [6, 6.07) is 25.2. The largest absolute Gasteiger partial charge is 0.489 e. The van der Waals surface area contributed by atoms with Gasteiger partial charge < -0.3 is 9.64 Å². The molecule has 1 amide bonds. The molecule has 1 aliphatic heterocycles. The molecule has 0 saturated carbocycles. The van der Waals surface area contributed by atoms with Gasteiger partial charge >= 0.3 is 0 Å². The number of anilines is 1. The van der Waals surface area contributed by atoms with Gasteiger partial charge in [0.15, 0.2) is 0 Å². The third-order valence-electron chi connectivity index (χ3n) is 5.22. The zero-order valence-electron chi connectivity index (χ0n) is 17.5. The number of hydroxylamine groups is 2. The molecule has 0 radical (unpaired) electrons. The summed E-state index contributed by atoms with van der Waals surface area (Å²) in [5.41, 5.74) is 3.70. The number of ether oxygens (including phenoxy) is 1. The van der Waals surface area contributed by atoms with E-state index in [-0.39, 0.29) is 5.91 Å². The Morgan fingerprint density at radius 2 is 1.68 bits per heavy atom. The van der Waals surface area contributed by atoms with Gasteiger partial charge in [0.25, 0.3) is 5.91 Å². The Morgan fingerprint density at radius 1 is 1.00 bits per heavy atom. The second-order valence-corrected chi connectivity index (χ2v) is 8.11. The number of hydrogen-bond acceptors (Lipinski definition) is 5. The average Bonchev–Trinajstić information content (AvgIpc) is 3.16. The monoisotopic (exact) mass is 432 g/mol. The van der Waals surface area contributed by atoms with Gasteiger partial charge in [-0.05, 0) is 53.8 Å². The molecule has 6 heteroatoms. The van der Waals surface area contributed by atoms with Gasteiger partial charge in [-0.1, -0.05) is 42.5 Å². The second kappa shape index (κ2) is 9.29. The molecule has 31 heavy (non-hydrogen) atoms. The van der Waals surface area contributed by atoms with Gasteiger partial charge in [0.2, 0.25) is 0 Å². The molecule has 0 aliphatic carbocycles. The molecule has 0 unspecified atom stereocenters. The molecule has 0 spiro atoms. The Hall–Kier alpha value is -3.22. The van der Waals surface area contributed by atoms with Crippen LogP contribution in [0, 0.1) is 0 Å². The maximum atomic E-state index is 13.3. The number of carbonyl (C=O) groups is 1. The van der Waals surface area contributed by atoms with Crippen molar-refractivity contribution in [2.24, 2.45) is 0 Å².